The molecule has 0 aliphatic carbocycles. The number of fused-ring (bicyclic) bond motifs is 2. The number of amides is 3. The molecule has 3 heterocycles. The maximum Gasteiger partial charge on any atom is 0.256 e. The van der Waals surface area contributed by atoms with Crippen molar-refractivity contribution in [2.45, 2.75) is 24.9 Å². The minimum Gasteiger partial charge on any atom is -0.337 e. The maximum atomic E-state index is 13.4. The Labute approximate surface area is 185 Å². The predicted molar refractivity (Wildman–Crippen MR) is 118 cm³/mol. The summed E-state index contributed by atoms with van der Waals surface area (Å²) in [4.78, 5) is 42.5. The summed E-state index contributed by atoms with van der Waals surface area (Å²) in [5, 5.41) is 6.75. The summed E-state index contributed by atoms with van der Waals surface area (Å²) >= 11 is 5.99. The highest BCUT2D eigenvalue weighted by Crippen LogP contribution is 2.31. The number of piperazine rings is 1. The molecule has 0 bridgehead atoms. The van der Waals surface area contributed by atoms with E-state index in [0.29, 0.717) is 29.4 Å². The molecule has 2 atom stereocenters. The molecule has 2 aromatic carbocycles. The molecule has 0 radical (unpaired) electrons. The van der Waals surface area contributed by atoms with Crippen LogP contribution < -0.4 is 10.6 Å². The van der Waals surface area contributed by atoms with Gasteiger partial charge in [-0.15, -0.1) is 0 Å². The van der Waals surface area contributed by atoms with E-state index in [1.807, 2.05) is 24.3 Å². The van der Waals surface area contributed by atoms with Crippen molar-refractivity contribution in [1.82, 2.24) is 15.1 Å². The average Bonchev–Trinajstić information content (AvgIpc) is 3.30. The Hall–Kier alpha value is -2.90. The van der Waals surface area contributed by atoms with Crippen LogP contribution in [0.5, 0.6) is 0 Å². The fraction of sp³-hybridized carbons (Fsp3) is 0.348. The first-order valence-corrected chi connectivity index (χ1v) is 10.9. The number of hydrogen-bond acceptors (Lipinski definition) is 4. The molecule has 7 nitrogen and oxygen atoms in total. The SMILES string of the molecule is O=C1Nc2ccc(-c3ccc(Cl)cc3)cc2C(=O)N2CCN(C(=O)C3CCCN3)CC12. The topological polar surface area (TPSA) is 81.8 Å². The smallest absolute Gasteiger partial charge is 0.256 e. The van der Waals surface area contributed by atoms with Crippen molar-refractivity contribution >= 4 is 35.0 Å². The largest absolute Gasteiger partial charge is 0.337 e. The molecule has 160 valence electrons. The van der Waals surface area contributed by atoms with Crippen LogP contribution in [0.4, 0.5) is 5.69 Å². The first kappa shape index (κ1) is 20.0. The van der Waals surface area contributed by atoms with E-state index in [1.165, 1.54) is 0 Å². The van der Waals surface area contributed by atoms with Crippen LogP contribution in [0.3, 0.4) is 0 Å². The number of carbonyl (C=O) groups excluding carboxylic acids is 3. The predicted octanol–water partition coefficient (Wildman–Crippen LogP) is 2.36. The number of nitrogens with zero attached hydrogens (tertiary/aromatic N) is 2. The van der Waals surface area contributed by atoms with Gasteiger partial charge in [-0.25, -0.2) is 0 Å². The highest BCUT2D eigenvalue weighted by molar-refractivity contribution is 6.30. The van der Waals surface area contributed by atoms with Crippen LogP contribution in [0, 0.1) is 0 Å². The number of halogens is 1. The van der Waals surface area contributed by atoms with Crippen LogP contribution >= 0.6 is 11.6 Å². The van der Waals surface area contributed by atoms with Crippen LogP contribution in [0.15, 0.2) is 42.5 Å². The lowest BCUT2D eigenvalue weighted by atomic mass is 10.0. The molecule has 0 saturated carbocycles. The highest BCUT2D eigenvalue weighted by atomic mass is 35.5. The van der Waals surface area contributed by atoms with E-state index in [9.17, 15) is 14.4 Å². The second-order valence-corrected chi connectivity index (χ2v) is 8.64. The second-order valence-electron chi connectivity index (χ2n) is 8.20. The van der Waals surface area contributed by atoms with Crippen molar-refractivity contribution in [3.63, 3.8) is 0 Å². The van der Waals surface area contributed by atoms with Gasteiger partial charge in [-0.2, -0.15) is 0 Å². The Morgan fingerprint density at radius 3 is 2.55 bits per heavy atom. The van der Waals surface area contributed by atoms with Crippen LogP contribution in [0.25, 0.3) is 11.1 Å². The second kappa shape index (κ2) is 7.98. The normalized spacial score (nSPS) is 23.1. The van der Waals surface area contributed by atoms with Crippen LogP contribution in [-0.4, -0.2) is 65.8 Å². The third kappa shape index (κ3) is 3.68. The summed E-state index contributed by atoms with van der Waals surface area (Å²) in [5.41, 5.74) is 2.77. The zero-order valence-corrected chi connectivity index (χ0v) is 17.7. The van der Waals surface area contributed by atoms with Gasteiger partial charge in [-0.3, -0.25) is 14.4 Å². The first-order chi connectivity index (χ1) is 15.0. The van der Waals surface area contributed by atoms with Crippen molar-refractivity contribution in [3.8, 4) is 11.1 Å². The van der Waals surface area contributed by atoms with Gasteiger partial charge in [0, 0.05) is 18.1 Å². The van der Waals surface area contributed by atoms with Gasteiger partial charge >= 0.3 is 0 Å². The summed E-state index contributed by atoms with van der Waals surface area (Å²) in [6, 6.07) is 12.0. The Balaban J connectivity index is 1.41. The Morgan fingerprint density at radius 2 is 1.81 bits per heavy atom. The molecule has 8 heteroatoms. The molecule has 5 rings (SSSR count). The number of carbonyl (C=O) groups is 3. The molecular weight excluding hydrogens is 416 g/mol. The molecule has 2 unspecified atom stereocenters. The van der Waals surface area contributed by atoms with E-state index in [0.717, 1.165) is 30.5 Å². The summed E-state index contributed by atoms with van der Waals surface area (Å²) in [7, 11) is 0. The molecule has 31 heavy (non-hydrogen) atoms. The molecule has 0 spiro atoms. The number of nitrogens with one attached hydrogen (secondary N) is 2. The first-order valence-electron chi connectivity index (χ1n) is 10.6. The van der Waals surface area contributed by atoms with Gasteiger partial charge in [0.25, 0.3) is 5.91 Å². The Morgan fingerprint density at radius 1 is 1.03 bits per heavy atom. The van der Waals surface area contributed by atoms with E-state index in [-0.39, 0.29) is 30.3 Å². The molecule has 3 aliphatic heterocycles. The van der Waals surface area contributed by atoms with Crippen molar-refractivity contribution in [2.75, 3.05) is 31.5 Å². The summed E-state index contributed by atoms with van der Waals surface area (Å²) in [6.45, 7) is 1.81. The Kier molecular flexibility index (Phi) is 5.16. The molecule has 3 aliphatic rings. The molecule has 2 fully saturated rings. The van der Waals surface area contributed by atoms with Crippen molar-refractivity contribution in [1.29, 1.82) is 0 Å². The zero-order chi connectivity index (χ0) is 21.5. The standard InChI is InChI=1S/C23H23ClN4O3/c24-16-6-3-14(4-7-16)15-5-8-18-17(12-15)22(30)28-11-10-27(13-20(28)21(29)26-18)23(31)19-2-1-9-25-19/h3-8,12,19-20,25H,1-2,9-11,13H2,(H,26,29). The van der Waals surface area contributed by atoms with Gasteiger partial charge in [-0.05, 0) is 54.8 Å². The third-order valence-electron chi connectivity index (χ3n) is 6.30. The summed E-state index contributed by atoms with van der Waals surface area (Å²) in [5.74, 6) is -0.437. The third-order valence-corrected chi connectivity index (χ3v) is 6.55. The van der Waals surface area contributed by atoms with Crippen LogP contribution in [0.2, 0.25) is 5.02 Å². The molecule has 3 amide bonds. The summed E-state index contributed by atoms with van der Waals surface area (Å²) in [6.07, 6.45) is 1.79. The number of benzene rings is 2. The van der Waals surface area contributed by atoms with Crippen LogP contribution in [-0.2, 0) is 9.59 Å². The maximum absolute atomic E-state index is 13.4. The van der Waals surface area contributed by atoms with E-state index >= 15 is 0 Å². The van der Waals surface area contributed by atoms with Crippen molar-refractivity contribution in [3.05, 3.63) is 53.1 Å². The fourth-order valence-corrected chi connectivity index (χ4v) is 4.72. The average molecular weight is 439 g/mol. The minimum absolute atomic E-state index is 0.0178. The minimum atomic E-state index is -0.696. The van der Waals surface area contributed by atoms with Crippen LogP contribution in [0.1, 0.15) is 23.2 Å². The van der Waals surface area contributed by atoms with Gasteiger partial charge in [0.1, 0.15) is 6.04 Å². The van der Waals surface area contributed by atoms with Gasteiger partial charge in [0.2, 0.25) is 11.8 Å². The molecule has 2 aromatic rings. The fourth-order valence-electron chi connectivity index (χ4n) is 4.59. The van der Waals surface area contributed by atoms with E-state index < -0.39 is 6.04 Å². The van der Waals surface area contributed by atoms with Gasteiger partial charge in [0.15, 0.2) is 0 Å². The highest BCUT2D eigenvalue weighted by Gasteiger charge is 2.41. The van der Waals surface area contributed by atoms with Crippen molar-refractivity contribution in [2.24, 2.45) is 0 Å². The Bertz CT molecular complexity index is 1050. The molecule has 0 aromatic heterocycles. The zero-order valence-electron chi connectivity index (χ0n) is 16.9. The van der Waals surface area contributed by atoms with E-state index in [1.54, 1.807) is 28.0 Å². The summed E-state index contributed by atoms with van der Waals surface area (Å²) < 4.78 is 0. The van der Waals surface area contributed by atoms with E-state index in [2.05, 4.69) is 10.6 Å². The quantitative estimate of drug-likeness (QED) is 0.754. The number of hydrogen-bond donors (Lipinski definition) is 2. The lowest BCUT2D eigenvalue weighted by Crippen LogP contribution is -2.61. The molecule has 2 N–H and O–H groups in total. The lowest BCUT2D eigenvalue weighted by Gasteiger charge is -2.40. The number of anilines is 1. The van der Waals surface area contributed by atoms with Gasteiger partial charge < -0.3 is 20.4 Å². The number of rotatable bonds is 2. The van der Waals surface area contributed by atoms with E-state index in [4.69, 9.17) is 11.6 Å². The van der Waals surface area contributed by atoms with Crippen molar-refractivity contribution < 1.29 is 14.4 Å². The monoisotopic (exact) mass is 438 g/mol. The molecule has 2 saturated heterocycles. The molecular formula is C23H23ClN4O3. The lowest BCUT2D eigenvalue weighted by molar-refractivity contribution is -0.137. The van der Waals surface area contributed by atoms with Gasteiger partial charge in [-0.1, -0.05) is 29.8 Å². The van der Waals surface area contributed by atoms with Gasteiger partial charge in [0.05, 0.1) is 23.8 Å².